The predicted molar refractivity (Wildman–Crippen MR) is 95.7 cm³/mol. The van der Waals surface area contributed by atoms with Crippen molar-refractivity contribution in [3.63, 3.8) is 0 Å². The van der Waals surface area contributed by atoms with E-state index < -0.39 is 33.0 Å². The minimum atomic E-state index is -3.85. The van der Waals surface area contributed by atoms with E-state index in [2.05, 4.69) is 5.32 Å². The van der Waals surface area contributed by atoms with E-state index in [-0.39, 0.29) is 0 Å². The zero-order valence-electron chi connectivity index (χ0n) is 13.8. The Bertz CT molecular complexity index is 830. The van der Waals surface area contributed by atoms with E-state index in [1.54, 1.807) is 42.5 Å². The van der Waals surface area contributed by atoms with Crippen LogP contribution in [-0.4, -0.2) is 38.2 Å². The van der Waals surface area contributed by atoms with Crippen molar-refractivity contribution in [1.29, 1.82) is 0 Å². The van der Waals surface area contributed by atoms with Gasteiger partial charge in [0, 0.05) is 11.3 Å². The molecule has 2 rings (SSSR count). The summed E-state index contributed by atoms with van der Waals surface area (Å²) < 4.78 is 29.4. The van der Waals surface area contributed by atoms with Crippen LogP contribution in [0.1, 0.15) is 17.3 Å². The fourth-order valence-electron chi connectivity index (χ4n) is 2.16. The molecule has 0 aliphatic carbocycles. The van der Waals surface area contributed by atoms with Crippen molar-refractivity contribution in [2.45, 2.75) is 6.92 Å². The molecule has 0 atom stereocenters. The van der Waals surface area contributed by atoms with Crippen molar-refractivity contribution in [3.05, 3.63) is 60.2 Å². The number of carbonyl (C=O) groups excluding carboxylic acids is 2. The smallest absolute Gasteiger partial charge is 0.239 e. The number of ketones is 1. The van der Waals surface area contributed by atoms with E-state index in [4.69, 9.17) is 4.74 Å². The Morgan fingerprint density at radius 3 is 2.20 bits per heavy atom. The van der Waals surface area contributed by atoms with Crippen molar-refractivity contribution in [2.75, 3.05) is 23.4 Å². The van der Waals surface area contributed by atoms with Gasteiger partial charge in [0.15, 0.2) is 15.6 Å². The van der Waals surface area contributed by atoms with Gasteiger partial charge in [-0.05, 0) is 31.2 Å². The van der Waals surface area contributed by atoms with Gasteiger partial charge in [0.2, 0.25) is 5.91 Å². The fourth-order valence-corrected chi connectivity index (χ4v) is 3.30. The first-order valence-corrected chi connectivity index (χ1v) is 9.53. The van der Waals surface area contributed by atoms with Crippen molar-refractivity contribution < 1.29 is 22.7 Å². The summed E-state index contributed by atoms with van der Waals surface area (Å²) in [5.74, 6) is -2.02. The number of sulfone groups is 1. The lowest BCUT2D eigenvalue weighted by Gasteiger charge is -2.08. The van der Waals surface area contributed by atoms with E-state index >= 15 is 0 Å². The van der Waals surface area contributed by atoms with Crippen molar-refractivity contribution in [3.8, 4) is 5.75 Å². The maximum atomic E-state index is 12.1. The summed E-state index contributed by atoms with van der Waals surface area (Å²) >= 11 is 0. The normalized spacial score (nSPS) is 10.9. The van der Waals surface area contributed by atoms with Crippen LogP contribution in [0.2, 0.25) is 0 Å². The van der Waals surface area contributed by atoms with Crippen molar-refractivity contribution >= 4 is 27.2 Å². The van der Waals surface area contributed by atoms with E-state index in [0.29, 0.717) is 23.6 Å². The SMILES string of the molecule is CCOc1ccc(NC(=O)CS(=O)(=O)CC(=O)c2ccccc2)cc1. The number of nitrogens with one attached hydrogen (secondary N) is 1. The lowest BCUT2D eigenvalue weighted by Crippen LogP contribution is -2.27. The summed E-state index contributed by atoms with van der Waals surface area (Å²) in [4.78, 5) is 23.9. The predicted octanol–water partition coefficient (Wildman–Crippen LogP) is 2.32. The van der Waals surface area contributed by atoms with Crippen molar-refractivity contribution in [1.82, 2.24) is 0 Å². The van der Waals surface area contributed by atoms with E-state index in [1.807, 2.05) is 6.92 Å². The van der Waals surface area contributed by atoms with E-state index in [1.165, 1.54) is 12.1 Å². The molecule has 1 amide bonds. The molecule has 0 saturated heterocycles. The van der Waals surface area contributed by atoms with Crippen molar-refractivity contribution in [2.24, 2.45) is 0 Å². The number of benzene rings is 2. The maximum absolute atomic E-state index is 12.1. The number of hydrogen-bond acceptors (Lipinski definition) is 5. The highest BCUT2D eigenvalue weighted by molar-refractivity contribution is 7.92. The number of ether oxygens (including phenoxy) is 1. The largest absolute Gasteiger partial charge is 0.494 e. The second-order valence-corrected chi connectivity index (χ2v) is 7.39. The van der Waals surface area contributed by atoms with Gasteiger partial charge in [-0.15, -0.1) is 0 Å². The molecule has 0 unspecified atom stereocenters. The zero-order valence-corrected chi connectivity index (χ0v) is 14.6. The van der Waals surface area contributed by atoms with E-state index in [9.17, 15) is 18.0 Å². The summed E-state index contributed by atoms with van der Waals surface area (Å²) in [6, 6.07) is 14.7. The molecular formula is C18H19NO5S. The molecule has 0 saturated carbocycles. The molecule has 132 valence electrons. The molecule has 1 N–H and O–H groups in total. The molecule has 2 aromatic carbocycles. The van der Waals surface area contributed by atoms with Crippen LogP contribution in [0.3, 0.4) is 0 Å². The Balaban J connectivity index is 1.93. The lowest BCUT2D eigenvalue weighted by atomic mass is 10.2. The molecule has 25 heavy (non-hydrogen) atoms. The molecule has 0 aliphatic rings. The van der Waals surface area contributed by atoms with Crippen LogP contribution in [-0.2, 0) is 14.6 Å². The summed E-state index contributed by atoms with van der Waals surface area (Å²) in [6.07, 6.45) is 0. The highest BCUT2D eigenvalue weighted by atomic mass is 32.2. The number of carbonyl (C=O) groups is 2. The van der Waals surface area contributed by atoms with Gasteiger partial charge in [0.25, 0.3) is 0 Å². The van der Waals surface area contributed by atoms with Gasteiger partial charge in [-0.1, -0.05) is 30.3 Å². The third kappa shape index (κ3) is 6.04. The van der Waals surface area contributed by atoms with Crippen LogP contribution in [0.5, 0.6) is 5.75 Å². The summed E-state index contributed by atoms with van der Waals surface area (Å²) in [5, 5.41) is 2.50. The third-order valence-corrected chi connectivity index (χ3v) is 4.65. The average Bonchev–Trinajstić information content (AvgIpc) is 2.56. The molecule has 7 heteroatoms. The van der Waals surface area contributed by atoms with Crippen LogP contribution in [0.25, 0.3) is 0 Å². The van der Waals surface area contributed by atoms with Gasteiger partial charge in [0.05, 0.1) is 6.61 Å². The van der Waals surface area contributed by atoms with Gasteiger partial charge in [-0.2, -0.15) is 0 Å². The molecule has 6 nitrogen and oxygen atoms in total. The first kappa shape index (κ1) is 18.7. The number of hydrogen-bond donors (Lipinski definition) is 1. The standard InChI is InChI=1S/C18H19NO5S/c1-2-24-16-10-8-15(9-11-16)19-18(21)13-25(22,23)12-17(20)14-6-4-3-5-7-14/h3-11H,2,12-13H2,1H3,(H,19,21). The number of rotatable bonds is 8. The minimum absolute atomic E-state index is 0.304. The van der Waals surface area contributed by atoms with Gasteiger partial charge < -0.3 is 10.1 Å². The van der Waals surface area contributed by atoms with Gasteiger partial charge in [-0.25, -0.2) is 8.42 Å². The molecule has 0 aromatic heterocycles. The summed E-state index contributed by atoms with van der Waals surface area (Å²) in [7, 11) is -3.85. The zero-order chi connectivity index (χ0) is 18.3. The number of anilines is 1. The topological polar surface area (TPSA) is 89.5 Å². The monoisotopic (exact) mass is 361 g/mol. The molecule has 0 heterocycles. The summed E-state index contributed by atoms with van der Waals surface area (Å²) in [5.41, 5.74) is 0.760. The first-order chi connectivity index (χ1) is 11.9. The van der Waals surface area contributed by atoms with Crippen LogP contribution in [0, 0.1) is 0 Å². The van der Waals surface area contributed by atoms with Crippen LogP contribution >= 0.6 is 0 Å². The third-order valence-electron chi connectivity index (χ3n) is 3.25. The molecule has 0 fully saturated rings. The average molecular weight is 361 g/mol. The number of Topliss-reactive ketones (excluding diaryl/α,β-unsaturated/α-hetero) is 1. The highest BCUT2D eigenvalue weighted by Gasteiger charge is 2.21. The van der Waals surface area contributed by atoms with Gasteiger partial charge in [-0.3, -0.25) is 9.59 Å². The quantitative estimate of drug-likeness (QED) is 0.729. The molecule has 0 spiro atoms. The van der Waals surface area contributed by atoms with Gasteiger partial charge in [0.1, 0.15) is 17.3 Å². The Kier molecular flexibility index (Phi) is 6.30. The maximum Gasteiger partial charge on any atom is 0.239 e. The Hall–Kier alpha value is -2.67. The molecule has 2 aromatic rings. The van der Waals surface area contributed by atoms with Gasteiger partial charge >= 0.3 is 0 Å². The Morgan fingerprint density at radius 1 is 0.960 bits per heavy atom. The van der Waals surface area contributed by atoms with Crippen LogP contribution in [0.4, 0.5) is 5.69 Å². The Morgan fingerprint density at radius 2 is 1.60 bits per heavy atom. The second-order valence-electron chi connectivity index (χ2n) is 5.33. The molecule has 0 radical (unpaired) electrons. The highest BCUT2D eigenvalue weighted by Crippen LogP contribution is 2.15. The van der Waals surface area contributed by atoms with Crippen LogP contribution in [0.15, 0.2) is 54.6 Å². The molecular weight excluding hydrogens is 342 g/mol. The first-order valence-electron chi connectivity index (χ1n) is 7.71. The molecule has 0 bridgehead atoms. The number of amides is 1. The lowest BCUT2D eigenvalue weighted by molar-refractivity contribution is -0.113. The second kappa shape index (κ2) is 8.43. The Labute approximate surface area is 146 Å². The van der Waals surface area contributed by atoms with Crippen LogP contribution < -0.4 is 10.1 Å². The fraction of sp³-hybridized carbons (Fsp3) is 0.222. The molecule has 0 aliphatic heterocycles. The minimum Gasteiger partial charge on any atom is -0.494 e. The van der Waals surface area contributed by atoms with E-state index in [0.717, 1.165) is 0 Å². The summed E-state index contributed by atoms with van der Waals surface area (Å²) in [6.45, 7) is 2.39.